The molecule has 0 N–H and O–H groups in total. The van der Waals surface area contributed by atoms with Gasteiger partial charge in [-0.3, -0.25) is 4.79 Å². The van der Waals surface area contributed by atoms with E-state index in [1.54, 1.807) is 0 Å². The van der Waals surface area contributed by atoms with Crippen LogP contribution < -0.4 is 4.90 Å². The van der Waals surface area contributed by atoms with Crippen molar-refractivity contribution in [2.24, 2.45) is 0 Å². The summed E-state index contributed by atoms with van der Waals surface area (Å²) < 4.78 is 5.34. The van der Waals surface area contributed by atoms with Crippen LogP contribution >= 0.6 is 0 Å². The Morgan fingerprint density at radius 2 is 1.95 bits per heavy atom. The van der Waals surface area contributed by atoms with E-state index in [0.717, 1.165) is 35.1 Å². The standard InChI is InChI=1S/C16H17NO2/c1-2-19-11-5-10-17-14-9-4-7-12-6-3-8-13(15(12)14)16(17)18/h3-4,6-9H,2,5,10-11H2,1H3. The molecule has 1 amide bonds. The second kappa shape index (κ2) is 5.02. The molecule has 2 aromatic rings. The van der Waals surface area contributed by atoms with Crippen LogP contribution in [0.5, 0.6) is 0 Å². The molecule has 1 aliphatic heterocycles. The van der Waals surface area contributed by atoms with Crippen molar-refractivity contribution in [1.29, 1.82) is 0 Å². The predicted octanol–water partition coefficient (Wildman–Crippen LogP) is 3.23. The molecule has 0 saturated carbocycles. The average Bonchev–Trinajstić information content (AvgIpc) is 2.71. The van der Waals surface area contributed by atoms with Crippen LogP contribution in [0.1, 0.15) is 23.7 Å². The number of rotatable bonds is 5. The lowest BCUT2D eigenvalue weighted by Gasteiger charge is -2.17. The summed E-state index contributed by atoms with van der Waals surface area (Å²) in [6, 6.07) is 12.0. The highest BCUT2D eigenvalue weighted by Gasteiger charge is 2.28. The van der Waals surface area contributed by atoms with Gasteiger partial charge in [-0.2, -0.15) is 0 Å². The van der Waals surface area contributed by atoms with Gasteiger partial charge in [0.1, 0.15) is 0 Å². The van der Waals surface area contributed by atoms with Crippen LogP contribution in [0, 0.1) is 0 Å². The van der Waals surface area contributed by atoms with Crippen molar-refractivity contribution in [3.8, 4) is 0 Å². The molecule has 1 aliphatic rings. The molecule has 0 spiro atoms. The number of amides is 1. The summed E-state index contributed by atoms with van der Waals surface area (Å²) in [6.45, 7) is 4.13. The van der Waals surface area contributed by atoms with E-state index in [9.17, 15) is 4.79 Å². The van der Waals surface area contributed by atoms with Crippen molar-refractivity contribution in [3.05, 3.63) is 42.0 Å². The molecular formula is C16H17NO2. The number of hydrogen-bond donors (Lipinski definition) is 0. The van der Waals surface area contributed by atoms with Crippen molar-refractivity contribution in [3.63, 3.8) is 0 Å². The van der Waals surface area contributed by atoms with E-state index in [0.29, 0.717) is 13.2 Å². The molecule has 0 radical (unpaired) electrons. The number of ether oxygens (including phenoxy) is 1. The zero-order valence-corrected chi connectivity index (χ0v) is 11.1. The van der Waals surface area contributed by atoms with Gasteiger partial charge >= 0.3 is 0 Å². The van der Waals surface area contributed by atoms with Gasteiger partial charge in [0.25, 0.3) is 5.91 Å². The molecule has 19 heavy (non-hydrogen) atoms. The Labute approximate surface area is 112 Å². The average molecular weight is 255 g/mol. The van der Waals surface area contributed by atoms with Crippen LogP contribution in [-0.4, -0.2) is 25.7 Å². The molecule has 0 aromatic heterocycles. The normalized spacial score (nSPS) is 13.5. The number of carbonyl (C=O) groups is 1. The Morgan fingerprint density at radius 3 is 2.74 bits per heavy atom. The van der Waals surface area contributed by atoms with Crippen molar-refractivity contribution in [2.45, 2.75) is 13.3 Å². The van der Waals surface area contributed by atoms with Gasteiger partial charge in [-0.25, -0.2) is 0 Å². The quantitative estimate of drug-likeness (QED) is 0.768. The van der Waals surface area contributed by atoms with Crippen LogP contribution in [0.15, 0.2) is 36.4 Å². The molecule has 1 heterocycles. The first kappa shape index (κ1) is 12.2. The van der Waals surface area contributed by atoms with Gasteiger partial charge in [0.05, 0.1) is 5.69 Å². The number of benzene rings is 2. The Morgan fingerprint density at radius 1 is 1.16 bits per heavy atom. The lowest BCUT2D eigenvalue weighted by molar-refractivity contribution is 0.0987. The smallest absolute Gasteiger partial charge is 0.258 e. The Hall–Kier alpha value is -1.87. The topological polar surface area (TPSA) is 29.5 Å². The fourth-order valence-corrected chi connectivity index (χ4v) is 2.67. The molecule has 0 saturated heterocycles. The molecule has 2 aromatic carbocycles. The second-order valence-corrected chi connectivity index (χ2v) is 4.69. The van der Waals surface area contributed by atoms with Crippen molar-refractivity contribution in [1.82, 2.24) is 0 Å². The predicted molar refractivity (Wildman–Crippen MR) is 76.7 cm³/mol. The molecule has 3 rings (SSSR count). The third-order valence-electron chi connectivity index (χ3n) is 3.52. The number of hydrogen-bond acceptors (Lipinski definition) is 2. The first-order valence-electron chi connectivity index (χ1n) is 6.74. The SMILES string of the molecule is CCOCCCN1C(=O)c2cccc3cccc1c23. The van der Waals surface area contributed by atoms with E-state index in [1.165, 1.54) is 0 Å². The lowest BCUT2D eigenvalue weighted by atomic mass is 10.1. The van der Waals surface area contributed by atoms with Crippen LogP contribution in [0.3, 0.4) is 0 Å². The van der Waals surface area contributed by atoms with Gasteiger partial charge in [0.15, 0.2) is 0 Å². The van der Waals surface area contributed by atoms with E-state index in [1.807, 2.05) is 36.1 Å². The van der Waals surface area contributed by atoms with Gasteiger partial charge in [-0.1, -0.05) is 24.3 Å². The number of nitrogens with zero attached hydrogens (tertiary/aromatic N) is 1. The summed E-state index contributed by atoms with van der Waals surface area (Å²) >= 11 is 0. The van der Waals surface area contributed by atoms with Crippen molar-refractivity contribution in [2.75, 3.05) is 24.7 Å². The Balaban J connectivity index is 1.90. The second-order valence-electron chi connectivity index (χ2n) is 4.69. The maximum atomic E-state index is 12.4. The maximum Gasteiger partial charge on any atom is 0.258 e. The van der Waals surface area contributed by atoms with E-state index >= 15 is 0 Å². The molecule has 0 atom stereocenters. The van der Waals surface area contributed by atoms with Crippen LogP contribution in [0.4, 0.5) is 5.69 Å². The molecular weight excluding hydrogens is 238 g/mol. The molecule has 0 unspecified atom stereocenters. The minimum atomic E-state index is 0.114. The summed E-state index contributed by atoms with van der Waals surface area (Å²) in [5.74, 6) is 0.114. The number of anilines is 1. The third-order valence-corrected chi connectivity index (χ3v) is 3.52. The highest BCUT2D eigenvalue weighted by molar-refractivity contribution is 6.24. The molecule has 0 bridgehead atoms. The van der Waals surface area contributed by atoms with Crippen molar-refractivity contribution >= 4 is 22.4 Å². The molecule has 0 fully saturated rings. The molecule has 0 aliphatic carbocycles. The summed E-state index contributed by atoms with van der Waals surface area (Å²) in [6.07, 6.45) is 0.865. The summed E-state index contributed by atoms with van der Waals surface area (Å²) in [5, 5.41) is 2.22. The molecule has 3 nitrogen and oxygen atoms in total. The summed E-state index contributed by atoms with van der Waals surface area (Å²) in [4.78, 5) is 14.3. The van der Waals surface area contributed by atoms with Crippen LogP contribution in [0.2, 0.25) is 0 Å². The fraction of sp³-hybridized carbons (Fsp3) is 0.312. The largest absolute Gasteiger partial charge is 0.382 e. The minimum Gasteiger partial charge on any atom is -0.382 e. The van der Waals surface area contributed by atoms with Gasteiger partial charge in [0.2, 0.25) is 0 Å². The Kier molecular flexibility index (Phi) is 3.22. The van der Waals surface area contributed by atoms with Crippen LogP contribution in [-0.2, 0) is 4.74 Å². The third kappa shape index (κ3) is 2.00. The fourth-order valence-electron chi connectivity index (χ4n) is 2.67. The first-order valence-corrected chi connectivity index (χ1v) is 6.74. The summed E-state index contributed by atoms with van der Waals surface area (Å²) in [7, 11) is 0. The molecule has 3 heteroatoms. The highest BCUT2D eigenvalue weighted by Crippen LogP contribution is 2.36. The zero-order valence-electron chi connectivity index (χ0n) is 11.1. The summed E-state index contributed by atoms with van der Waals surface area (Å²) in [5.41, 5.74) is 1.86. The van der Waals surface area contributed by atoms with Crippen molar-refractivity contribution < 1.29 is 9.53 Å². The Bertz CT molecular complexity index is 616. The highest BCUT2D eigenvalue weighted by atomic mass is 16.5. The minimum absolute atomic E-state index is 0.114. The monoisotopic (exact) mass is 255 g/mol. The lowest BCUT2D eigenvalue weighted by Crippen LogP contribution is -2.28. The number of carbonyl (C=O) groups excluding carboxylic acids is 1. The maximum absolute atomic E-state index is 12.4. The van der Waals surface area contributed by atoms with E-state index in [2.05, 4.69) is 12.1 Å². The van der Waals surface area contributed by atoms with Gasteiger partial charge in [0, 0.05) is 30.7 Å². The van der Waals surface area contributed by atoms with E-state index in [4.69, 9.17) is 4.74 Å². The van der Waals surface area contributed by atoms with Gasteiger partial charge in [-0.15, -0.1) is 0 Å². The van der Waals surface area contributed by atoms with E-state index in [-0.39, 0.29) is 5.91 Å². The zero-order chi connectivity index (χ0) is 13.2. The van der Waals surface area contributed by atoms with Crippen LogP contribution in [0.25, 0.3) is 10.8 Å². The van der Waals surface area contributed by atoms with E-state index < -0.39 is 0 Å². The first-order chi connectivity index (χ1) is 9.33. The van der Waals surface area contributed by atoms with Gasteiger partial charge < -0.3 is 9.64 Å². The molecule has 98 valence electrons. The van der Waals surface area contributed by atoms with Gasteiger partial charge in [-0.05, 0) is 30.9 Å².